The maximum absolute atomic E-state index is 12.9. The third-order valence-electron chi connectivity index (χ3n) is 5.03. The molecule has 2 rings (SSSR count). The molecular weight excluding hydrogens is 300 g/mol. The maximum Gasteiger partial charge on any atom is 0.411 e. The number of aliphatic carboxylic acids is 1. The van der Waals surface area contributed by atoms with Gasteiger partial charge in [0.05, 0.1) is 12.6 Å². The van der Waals surface area contributed by atoms with Gasteiger partial charge in [-0.3, -0.25) is 9.69 Å². The summed E-state index contributed by atoms with van der Waals surface area (Å²) in [7, 11) is 0. The van der Waals surface area contributed by atoms with Gasteiger partial charge >= 0.3 is 12.1 Å². The Kier molecular flexibility index (Phi) is 5.62. The Morgan fingerprint density at radius 1 is 1.30 bits per heavy atom. The van der Waals surface area contributed by atoms with Crippen LogP contribution in [-0.2, 0) is 14.3 Å². The van der Waals surface area contributed by atoms with Crippen molar-refractivity contribution in [1.29, 1.82) is 0 Å². The van der Waals surface area contributed by atoms with Gasteiger partial charge in [0.1, 0.15) is 0 Å². The quantitative estimate of drug-likeness (QED) is 0.716. The summed E-state index contributed by atoms with van der Waals surface area (Å²) in [5.41, 5.74) is 4.17. The van der Waals surface area contributed by atoms with Crippen molar-refractivity contribution in [2.45, 2.75) is 63.5 Å². The molecule has 2 aliphatic rings. The molecule has 23 heavy (non-hydrogen) atoms. The number of ketones is 1. The molecule has 1 aliphatic heterocycles. The molecular formula is C16H26N2O5. The summed E-state index contributed by atoms with van der Waals surface area (Å²) in [4.78, 5) is 37.9. The van der Waals surface area contributed by atoms with Crippen molar-refractivity contribution in [3.8, 4) is 0 Å². The summed E-state index contributed by atoms with van der Waals surface area (Å²) in [6, 6.07) is -0.857. The summed E-state index contributed by atoms with van der Waals surface area (Å²) in [6.45, 7) is 1.98. The number of Topliss-reactive ketones (excluding diaryl/α,β-unsaturated/α-hetero) is 1. The third-order valence-corrected chi connectivity index (χ3v) is 5.03. The SMILES string of the molecule is CCOC(=O)N1CCC[C@]1(C(=O)O)C(=O)[C@@H](N)CC1CCCC1. The lowest BCUT2D eigenvalue weighted by atomic mass is 9.83. The van der Waals surface area contributed by atoms with Gasteiger partial charge in [-0.05, 0) is 32.1 Å². The zero-order chi connectivity index (χ0) is 17.0. The van der Waals surface area contributed by atoms with Gasteiger partial charge < -0.3 is 15.6 Å². The fraction of sp³-hybridized carbons (Fsp3) is 0.812. The number of likely N-dealkylation sites (tertiary alicyclic amines) is 1. The molecule has 0 unspecified atom stereocenters. The number of ether oxygens (including phenoxy) is 1. The summed E-state index contributed by atoms with van der Waals surface area (Å²) >= 11 is 0. The number of carbonyl (C=O) groups excluding carboxylic acids is 2. The van der Waals surface area contributed by atoms with Crippen LogP contribution in [0.4, 0.5) is 4.79 Å². The Morgan fingerprint density at radius 2 is 1.96 bits per heavy atom. The molecule has 2 atom stereocenters. The smallest absolute Gasteiger partial charge is 0.411 e. The van der Waals surface area contributed by atoms with Gasteiger partial charge in [-0.25, -0.2) is 9.59 Å². The average molecular weight is 326 g/mol. The van der Waals surface area contributed by atoms with Gasteiger partial charge in [-0.1, -0.05) is 25.7 Å². The third kappa shape index (κ3) is 3.34. The highest BCUT2D eigenvalue weighted by atomic mass is 16.6. The first-order valence-electron chi connectivity index (χ1n) is 8.41. The van der Waals surface area contributed by atoms with E-state index >= 15 is 0 Å². The van der Waals surface area contributed by atoms with Gasteiger partial charge in [0.25, 0.3) is 0 Å². The highest BCUT2D eigenvalue weighted by molar-refractivity contribution is 6.12. The second-order valence-corrected chi connectivity index (χ2v) is 6.48. The molecule has 0 aromatic carbocycles. The molecule has 7 nitrogen and oxygen atoms in total. The number of amides is 1. The standard InChI is InChI=1S/C16H26N2O5/c1-2-23-15(22)18-9-5-8-16(18,14(20)21)13(19)12(17)10-11-6-3-4-7-11/h11-12H,2-10,17H2,1H3,(H,20,21)/t12-,16+/m0/s1. The van der Waals surface area contributed by atoms with Crippen molar-refractivity contribution < 1.29 is 24.2 Å². The number of hydrogen-bond donors (Lipinski definition) is 2. The number of nitrogens with zero attached hydrogens (tertiary/aromatic N) is 1. The van der Waals surface area contributed by atoms with Crippen molar-refractivity contribution >= 4 is 17.8 Å². The lowest BCUT2D eigenvalue weighted by molar-refractivity contribution is -0.155. The van der Waals surface area contributed by atoms with Gasteiger partial charge in [0.2, 0.25) is 5.54 Å². The Bertz CT molecular complexity index is 475. The van der Waals surface area contributed by atoms with Crippen LogP contribution in [0.5, 0.6) is 0 Å². The first-order chi connectivity index (χ1) is 10.9. The highest BCUT2D eigenvalue weighted by Crippen LogP contribution is 2.35. The summed E-state index contributed by atoms with van der Waals surface area (Å²) in [6.07, 6.45) is 4.60. The number of carboxylic acid groups (broad SMARTS) is 1. The second kappa shape index (κ2) is 7.29. The van der Waals surface area contributed by atoms with Crippen LogP contribution in [0.15, 0.2) is 0 Å². The molecule has 130 valence electrons. The zero-order valence-electron chi connectivity index (χ0n) is 13.6. The fourth-order valence-corrected chi connectivity index (χ4v) is 3.87. The number of rotatable bonds is 6. The summed E-state index contributed by atoms with van der Waals surface area (Å²) < 4.78 is 4.93. The van der Waals surface area contributed by atoms with E-state index in [9.17, 15) is 19.5 Å². The van der Waals surface area contributed by atoms with Crippen LogP contribution in [0.3, 0.4) is 0 Å². The molecule has 0 spiro atoms. The van der Waals surface area contributed by atoms with E-state index in [1.807, 2.05) is 0 Å². The van der Waals surface area contributed by atoms with Crippen LogP contribution in [-0.4, -0.2) is 52.6 Å². The Morgan fingerprint density at radius 3 is 2.52 bits per heavy atom. The molecule has 0 aromatic heterocycles. The molecule has 0 bridgehead atoms. The lowest BCUT2D eigenvalue weighted by Gasteiger charge is -2.34. The predicted octanol–water partition coefficient (Wildman–Crippen LogP) is 1.54. The minimum atomic E-state index is -1.87. The molecule has 2 fully saturated rings. The Balaban J connectivity index is 2.19. The lowest BCUT2D eigenvalue weighted by Crippen LogP contribution is -2.62. The Hall–Kier alpha value is -1.63. The van der Waals surface area contributed by atoms with Crippen LogP contribution < -0.4 is 5.73 Å². The molecule has 1 aliphatic carbocycles. The van der Waals surface area contributed by atoms with Crippen LogP contribution >= 0.6 is 0 Å². The largest absolute Gasteiger partial charge is 0.479 e. The van der Waals surface area contributed by atoms with Gasteiger partial charge in [0.15, 0.2) is 5.78 Å². The van der Waals surface area contributed by atoms with E-state index in [2.05, 4.69) is 0 Å². The average Bonchev–Trinajstić information content (AvgIpc) is 3.16. The predicted molar refractivity (Wildman–Crippen MR) is 82.9 cm³/mol. The minimum absolute atomic E-state index is 0.0956. The van der Waals surface area contributed by atoms with E-state index in [4.69, 9.17) is 10.5 Å². The first kappa shape index (κ1) is 17.7. The van der Waals surface area contributed by atoms with Crippen molar-refractivity contribution in [3.05, 3.63) is 0 Å². The van der Waals surface area contributed by atoms with E-state index in [1.54, 1.807) is 6.92 Å². The zero-order valence-corrected chi connectivity index (χ0v) is 13.6. The van der Waals surface area contributed by atoms with Crippen molar-refractivity contribution in [2.75, 3.05) is 13.2 Å². The molecule has 1 saturated heterocycles. The van der Waals surface area contributed by atoms with E-state index in [0.29, 0.717) is 18.8 Å². The van der Waals surface area contributed by atoms with Gasteiger partial charge in [-0.2, -0.15) is 0 Å². The summed E-state index contributed by atoms with van der Waals surface area (Å²) in [5, 5.41) is 9.71. The number of carboxylic acids is 1. The van der Waals surface area contributed by atoms with E-state index in [1.165, 1.54) is 0 Å². The van der Waals surface area contributed by atoms with Gasteiger partial charge in [-0.15, -0.1) is 0 Å². The normalized spacial score (nSPS) is 26.3. The van der Waals surface area contributed by atoms with Crippen LogP contribution in [0.2, 0.25) is 0 Å². The van der Waals surface area contributed by atoms with Crippen LogP contribution in [0.25, 0.3) is 0 Å². The molecule has 1 saturated carbocycles. The molecule has 7 heteroatoms. The number of nitrogens with two attached hydrogens (primary N) is 1. The first-order valence-corrected chi connectivity index (χ1v) is 8.41. The Labute approximate surface area is 136 Å². The van der Waals surface area contributed by atoms with Crippen molar-refractivity contribution in [3.63, 3.8) is 0 Å². The molecule has 1 amide bonds. The minimum Gasteiger partial charge on any atom is -0.479 e. The topological polar surface area (TPSA) is 110 Å². The second-order valence-electron chi connectivity index (χ2n) is 6.48. The molecule has 0 aromatic rings. The number of carbonyl (C=O) groups is 3. The maximum atomic E-state index is 12.9. The van der Waals surface area contributed by atoms with Crippen LogP contribution in [0, 0.1) is 5.92 Å². The van der Waals surface area contributed by atoms with E-state index < -0.39 is 29.4 Å². The highest BCUT2D eigenvalue weighted by Gasteiger charge is 2.57. The summed E-state index contributed by atoms with van der Waals surface area (Å²) in [5.74, 6) is -1.50. The van der Waals surface area contributed by atoms with E-state index in [0.717, 1.165) is 30.6 Å². The fourth-order valence-electron chi connectivity index (χ4n) is 3.87. The van der Waals surface area contributed by atoms with Crippen molar-refractivity contribution in [1.82, 2.24) is 4.90 Å². The van der Waals surface area contributed by atoms with Gasteiger partial charge in [0, 0.05) is 6.54 Å². The molecule has 1 heterocycles. The van der Waals surface area contributed by atoms with Crippen LogP contribution in [0.1, 0.15) is 51.9 Å². The van der Waals surface area contributed by atoms with Crippen molar-refractivity contribution in [2.24, 2.45) is 11.7 Å². The number of hydrogen-bond acceptors (Lipinski definition) is 5. The van der Waals surface area contributed by atoms with E-state index in [-0.39, 0.29) is 19.6 Å². The molecule has 0 radical (unpaired) electrons. The monoisotopic (exact) mass is 326 g/mol. The molecule has 3 N–H and O–H groups in total.